The number of carboxylic acid groups (broad SMARTS) is 1. The van der Waals surface area contributed by atoms with Gasteiger partial charge in [0, 0.05) is 6.54 Å². The van der Waals surface area contributed by atoms with E-state index in [1.807, 2.05) is 0 Å². The average Bonchev–Trinajstić information content (AvgIpc) is 2.78. The molecule has 0 spiro atoms. The first-order chi connectivity index (χ1) is 15.7. The van der Waals surface area contributed by atoms with E-state index in [9.17, 15) is 13.2 Å². The fraction of sp³-hybridized carbons (Fsp3) is 0.296. The highest BCUT2D eigenvalue weighted by molar-refractivity contribution is 7.88. The summed E-state index contributed by atoms with van der Waals surface area (Å²) < 4.78 is 24.1. The van der Waals surface area contributed by atoms with Crippen molar-refractivity contribution in [1.29, 1.82) is 0 Å². The Hall–Kier alpha value is -2.96. The molecule has 0 amide bonds. The minimum Gasteiger partial charge on any atom is -0.481 e. The quantitative estimate of drug-likeness (QED) is 0.440. The van der Waals surface area contributed by atoms with E-state index in [1.165, 1.54) is 36.0 Å². The van der Waals surface area contributed by atoms with Gasteiger partial charge < -0.3 is 5.11 Å². The molecule has 0 saturated heterocycles. The molecule has 2 N–H and O–H groups in total. The summed E-state index contributed by atoms with van der Waals surface area (Å²) in [6.45, 7) is 2.41. The summed E-state index contributed by atoms with van der Waals surface area (Å²) >= 11 is 0. The Morgan fingerprint density at radius 1 is 0.818 bits per heavy atom. The Kier molecular flexibility index (Phi) is 10.8. The summed E-state index contributed by atoms with van der Waals surface area (Å²) in [5, 5.41) is 8.61. The van der Waals surface area contributed by atoms with Gasteiger partial charge in [-0.1, -0.05) is 92.2 Å². The van der Waals surface area contributed by atoms with E-state index in [-0.39, 0.29) is 13.0 Å². The van der Waals surface area contributed by atoms with Gasteiger partial charge in [0.15, 0.2) is 0 Å². The van der Waals surface area contributed by atoms with Gasteiger partial charge >= 0.3 is 5.97 Å². The summed E-state index contributed by atoms with van der Waals surface area (Å²) in [7, 11) is -3.22. The van der Waals surface area contributed by atoms with Gasteiger partial charge in [-0.05, 0) is 47.1 Å². The van der Waals surface area contributed by atoms with Crippen molar-refractivity contribution in [3.8, 4) is 0 Å². The highest BCUT2D eigenvalue weighted by atomic mass is 32.2. The van der Waals surface area contributed by atoms with Crippen molar-refractivity contribution in [3.63, 3.8) is 0 Å². The molecule has 0 radical (unpaired) electrons. The van der Waals surface area contributed by atoms with Crippen LogP contribution < -0.4 is 4.72 Å². The molecule has 0 aliphatic rings. The van der Waals surface area contributed by atoms with E-state index in [0.29, 0.717) is 5.56 Å². The van der Waals surface area contributed by atoms with Crippen LogP contribution in [-0.2, 0) is 40.6 Å². The first-order valence-corrected chi connectivity index (χ1v) is 13.0. The number of nitrogens with one attached hydrogen (secondary N) is 1. The number of hydrogen-bond acceptors (Lipinski definition) is 3. The lowest BCUT2D eigenvalue weighted by Gasteiger charge is -2.04. The van der Waals surface area contributed by atoms with E-state index in [0.717, 1.165) is 18.2 Å². The molecule has 0 fully saturated rings. The van der Waals surface area contributed by atoms with E-state index < -0.39 is 16.0 Å². The molecule has 33 heavy (non-hydrogen) atoms. The molecule has 6 heteroatoms. The fourth-order valence-corrected chi connectivity index (χ4v) is 3.70. The van der Waals surface area contributed by atoms with Crippen molar-refractivity contribution in [2.45, 2.75) is 45.6 Å². The molecule has 176 valence electrons. The summed E-state index contributed by atoms with van der Waals surface area (Å²) in [5.74, 6) is -0.909. The van der Waals surface area contributed by atoms with Crippen LogP contribution in [0.2, 0.25) is 0 Å². The van der Waals surface area contributed by atoms with Gasteiger partial charge in [0.2, 0.25) is 10.0 Å². The maximum absolute atomic E-state index is 10.9. The van der Waals surface area contributed by atoms with Crippen molar-refractivity contribution in [1.82, 2.24) is 4.72 Å². The van der Waals surface area contributed by atoms with Gasteiger partial charge in [0.1, 0.15) is 0 Å². The van der Waals surface area contributed by atoms with Gasteiger partial charge in [-0.15, -0.1) is 0 Å². The number of carboxylic acids is 1. The van der Waals surface area contributed by atoms with Crippen LogP contribution in [0.3, 0.4) is 0 Å². The van der Waals surface area contributed by atoms with Gasteiger partial charge in [-0.25, -0.2) is 13.1 Å². The predicted molar refractivity (Wildman–Crippen MR) is 134 cm³/mol. The molecule has 3 aromatic rings. The third-order valence-electron chi connectivity index (χ3n) is 4.98. The van der Waals surface area contributed by atoms with Crippen molar-refractivity contribution in [2.75, 3.05) is 6.26 Å². The van der Waals surface area contributed by atoms with E-state index in [1.54, 1.807) is 24.3 Å². The topological polar surface area (TPSA) is 83.5 Å². The largest absolute Gasteiger partial charge is 0.481 e. The molecule has 0 bridgehead atoms. The molecule has 0 unspecified atom stereocenters. The molecular formula is C27H33NO4S. The molecule has 0 aliphatic heterocycles. The number of unbranched alkanes of at least 4 members (excludes halogenated alkanes) is 1. The second-order valence-corrected chi connectivity index (χ2v) is 9.90. The molecule has 0 aromatic heterocycles. The van der Waals surface area contributed by atoms with Gasteiger partial charge in [-0.3, -0.25) is 4.79 Å². The molecular weight excluding hydrogens is 434 g/mol. The van der Waals surface area contributed by atoms with Gasteiger partial charge in [-0.2, -0.15) is 0 Å². The van der Waals surface area contributed by atoms with Crippen LogP contribution in [0.25, 0.3) is 0 Å². The zero-order valence-electron chi connectivity index (χ0n) is 19.3. The molecule has 0 aliphatic carbocycles. The number of benzene rings is 3. The van der Waals surface area contributed by atoms with Crippen LogP contribution in [0.4, 0.5) is 0 Å². The lowest BCUT2D eigenvalue weighted by Crippen LogP contribution is -2.21. The van der Waals surface area contributed by atoms with Crippen molar-refractivity contribution < 1.29 is 18.3 Å². The molecule has 0 heterocycles. The van der Waals surface area contributed by atoms with Crippen molar-refractivity contribution in [3.05, 3.63) is 107 Å². The van der Waals surface area contributed by atoms with Crippen LogP contribution in [-0.4, -0.2) is 25.7 Å². The van der Waals surface area contributed by atoms with Gasteiger partial charge in [0.25, 0.3) is 0 Å². The maximum Gasteiger partial charge on any atom is 0.307 e. The Morgan fingerprint density at radius 2 is 1.39 bits per heavy atom. The van der Waals surface area contributed by atoms with E-state index in [2.05, 4.69) is 66.2 Å². The fourth-order valence-electron chi connectivity index (χ4n) is 3.27. The number of hydrogen-bond donors (Lipinski definition) is 2. The number of aliphatic carboxylic acids is 1. The second kappa shape index (κ2) is 13.6. The van der Waals surface area contributed by atoms with Crippen LogP contribution >= 0.6 is 0 Å². The van der Waals surface area contributed by atoms with Crippen molar-refractivity contribution in [2.24, 2.45) is 0 Å². The Bertz CT molecular complexity index is 1090. The molecule has 0 atom stereocenters. The minimum absolute atomic E-state index is 0.0628. The monoisotopic (exact) mass is 467 g/mol. The number of carbonyl (C=O) groups is 1. The Labute approximate surface area is 197 Å². The SMILES string of the molecule is CCCCc1ccc(Cc2ccccc2)cc1.CS(=O)(=O)NCc1cccc(CC(=O)O)c1. The lowest BCUT2D eigenvalue weighted by molar-refractivity contribution is -0.136. The first-order valence-electron chi connectivity index (χ1n) is 11.1. The highest BCUT2D eigenvalue weighted by Gasteiger charge is 2.04. The van der Waals surface area contributed by atoms with Crippen LogP contribution in [0.15, 0.2) is 78.9 Å². The first kappa shape index (κ1) is 26.3. The molecule has 0 saturated carbocycles. The lowest BCUT2D eigenvalue weighted by atomic mass is 10.0. The zero-order valence-corrected chi connectivity index (χ0v) is 20.1. The van der Waals surface area contributed by atoms with E-state index in [4.69, 9.17) is 5.11 Å². The van der Waals surface area contributed by atoms with Crippen molar-refractivity contribution >= 4 is 16.0 Å². The number of rotatable bonds is 10. The zero-order chi connectivity index (χ0) is 24.1. The third-order valence-corrected chi connectivity index (χ3v) is 5.65. The summed E-state index contributed by atoms with van der Waals surface area (Å²) in [4.78, 5) is 10.5. The smallest absolute Gasteiger partial charge is 0.307 e. The minimum atomic E-state index is -3.22. The molecule has 3 rings (SSSR count). The predicted octanol–water partition coefficient (Wildman–Crippen LogP) is 4.98. The van der Waals surface area contributed by atoms with E-state index >= 15 is 0 Å². The molecule has 3 aromatic carbocycles. The maximum atomic E-state index is 10.9. The standard InChI is InChI=1S/C17H20.C10H13NO4S/c1-2-3-7-15-10-12-17(13-11-15)14-16-8-5-4-6-9-16;1-16(14,15)11-7-9-4-2-3-8(5-9)6-10(12)13/h4-6,8-13H,2-3,7,14H2,1H3;2-5,11H,6-7H2,1H3,(H,12,13). The summed E-state index contributed by atoms with van der Waals surface area (Å²) in [5.41, 5.74) is 5.64. The van der Waals surface area contributed by atoms with Crippen LogP contribution in [0, 0.1) is 0 Å². The van der Waals surface area contributed by atoms with Crippen LogP contribution in [0.5, 0.6) is 0 Å². The second-order valence-electron chi connectivity index (χ2n) is 8.07. The summed E-state index contributed by atoms with van der Waals surface area (Å²) in [6, 6.07) is 26.5. The Balaban J connectivity index is 0.000000234. The highest BCUT2D eigenvalue weighted by Crippen LogP contribution is 2.12. The average molecular weight is 468 g/mol. The number of aryl methyl sites for hydroxylation is 1. The van der Waals surface area contributed by atoms with Crippen LogP contribution in [0.1, 0.15) is 47.6 Å². The van der Waals surface area contributed by atoms with Gasteiger partial charge in [0.05, 0.1) is 12.7 Å². The normalized spacial score (nSPS) is 10.8. The number of sulfonamides is 1. The Morgan fingerprint density at radius 3 is 2.00 bits per heavy atom. The third kappa shape index (κ3) is 11.5. The molecule has 5 nitrogen and oxygen atoms in total. The summed E-state index contributed by atoms with van der Waals surface area (Å²) in [6.07, 6.45) is 5.82.